The Morgan fingerprint density at radius 2 is 1.86 bits per heavy atom. The fourth-order valence-corrected chi connectivity index (χ4v) is 4.80. The van der Waals surface area contributed by atoms with Crippen LogP contribution in [0.4, 0.5) is 14.5 Å². The van der Waals surface area contributed by atoms with Crippen LogP contribution in [0.25, 0.3) is 10.9 Å². The van der Waals surface area contributed by atoms with Crippen molar-refractivity contribution in [2.45, 2.75) is 69.8 Å². The van der Waals surface area contributed by atoms with Gasteiger partial charge in [0.15, 0.2) is 11.5 Å². The molecule has 5 rings (SSSR count). The van der Waals surface area contributed by atoms with E-state index in [-0.39, 0.29) is 24.0 Å². The van der Waals surface area contributed by atoms with E-state index in [1.54, 1.807) is 12.1 Å². The number of nitrogens with zero attached hydrogens (tertiary/aromatic N) is 1. The van der Waals surface area contributed by atoms with Crippen molar-refractivity contribution in [3.63, 3.8) is 0 Å². The number of halogens is 2. The highest BCUT2D eigenvalue weighted by Crippen LogP contribution is 2.52. The van der Waals surface area contributed by atoms with Gasteiger partial charge in [0.2, 0.25) is 5.91 Å². The van der Waals surface area contributed by atoms with E-state index in [0.717, 1.165) is 16.6 Å². The lowest BCUT2D eigenvalue weighted by atomic mass is 9.90. The number of rotatable bonds is 8. The van der Waals surface area contributed by atoms with E-state index in [2.05, 4.69) is 14.8 Å². The molecule has 0 bridgehead atoms. The summed E-state index contributed by atoms with van der Waals surface area (Å²) in [6.07, 6.45) is -2.44. The molecule has 3 aromatic rings. The molecule has 0 spiro atoms. The first-order valence-corrected chi connectivity index (χ1v) is 12.1. The van der Waals surface area contributed by atoms with E-state index in [0.29, 0.717) is 37.1 Å². The summed E-state index contributed by atoms with van der Waals surface area (Å²) in [5, 5.41) is 24.1. The summed E-state index contributed by atoms with van der Waals surface area (Å²) in [5.74, 6) is -0.346. The number of amides is 1. The molecule has 0 saturated heterocycles. The van der Waals surface area contributed by atoms with Crippen molar-refractivity contribution in [3.8, 4) is 11.5 Å². The van der Waals surface area contributed by atoms with Crippen LogP contribution >= 0.6 is 0 Å². The fraction of sp³-hybridized carbons (Fsp3) is 0.444. The van der Waals surface area contributed by atoms with Gasteiger partial charge in [-0.2, -0.15) is 0 Å². The second-order valence-electron chi connectivity index (χ2n) is 10.4. The van der Waals surface area contributed by atoms with Crippen molar-refractivity contribution in [1.82, 2.24) is 4.57 Å². The molecule has 1 amide bonds. The highest BCUT2D eigenvalue weighted by Gasteiger charge is 2.52. The van der Waals surface area contributed by atoms with Gasteiger partial charge in [0.05, 0.1) is 18.1 Å². The van der Waals surface area contributed by atoms with Crippen LogP contribution in [0, 0.1) is 0 Å². The van der Waals surface area contributed by atoms with Gasteiger partial charge in [0.1, 0.15) is 0 Å². The van der Waals surface area contributed by atoms with E-state index >= 15 is 0 Å². The van der Waals surface area contributed by atoms with E-state index in [9.17, 15) is 23.8 Å². The van der Waals surface area contributed by atoms with E-state index < -0.39 is 23.2 Å². The third-order valence-electron chi connectivity index (χ3n) is 7.25. The van der Waals surface area contributed by atoms with Crippen molar-refractivity contribution in [2.75, 3.05) is 11.9 Å². The topological polar surface area (TPSA) is 93.0 Å². The summed E-state index contributed by atoms with van der Waals surface area (Å²) in [6.45, 7) is 6.14. The van der Waals surface area contributed by atoms with Crippen LogP contribution in [0.1, 0.15) is 51.3 Å². The molecule has 0 radical (unpaired) electrons. The average molecular weight is 501 g/mol. The van der Waals surface area contributed by atoms with Gasteiger partial charge < -0.3 is 29.6 Å². The SMILES string of the molecule is CC[C@H](O)Cn1c(C(C)(C)CO)cc2cc(NC(=O)C3(c4ccc5c(c4)OC(F)(F)O5)CC3)ccc21. The smallest absolute Gasteiger partial charge is 0.395 e. The van der Waals surface area contributed by atoms with Crippen LogP contribution in [0.5, 0.6) is 11.5 Å². The maximum atomic E-state index is 13.4. The number of carbonyl (C=O) groups is 1. The molecule has 36 heavy (non-hydrogen) atoms. The molecule has 1 saturated carbocycles. The third-order valence-corrected chi connectivity index (χ3v) is 7.25. The lowest BCUT2D eigenvalue weighted by Gasteiger charge is -2.25. The van der Waals surface area contributed by atoms with Crippen molar-refractivity contribution in [2.24, 2.45) is 0 Å². The molecule has 3 N–H and O–H groups in total. The van der Waals surface area contributed by atoms with Crippen LogP contribution < -0.4 is 14.8 Å². The molecule has 1 aromatic heterocycles. The number of hydrogen-bond donors (Lipinski definition) is 3. The van der Waals surface area contributed by atoms with E-state index in [1.165, 1.54) is 12.1 Å². The van der Waals surface area contributed by atoms with Gasteiger partial charge >= 0.3 is 6.29 Å². The Morgan fingerprint density at radius 3 is 2.53 bits per heavy atom. The van der Waals surface area contributed by atoms with Crippen LogP contribution in [0.15, 0.2) is 42.5 Å². The van der Waals surface area contributed by atoms with Crippen LogP contribution in [-0.2, 0) is 22.2 Å². The number of aliphatic hydroxyl groups is 2. The Morgan fingerprint density at radius 1 is 1.14 bits per heavy atom. The van der Waals surface area contributed by atoms with Crippen LogP contribution in [-0.4, -0.2) is 39.7 Å². The number of carbonyl (C=O) groups excluding carboxylic acids is 1. The van der Waals surface area contributed by atoms with Crippen LogP contribution in [0.3, 0.4) is 0 Å². The van der Waals surface area contributed by atoms with Gasteiger partial charge in [-0.3, -0.25) is 4.79 Å². The third kappa shape index (κ3) is 4.20. The Labute approximate surface area is 207 Å². The largest absolute Gasteiger partial charge is 0.586 e. The van der Waals surface area contributed by atoms with Crippen molar-refractivity contribution >= 4 is 22.5 Å². The zero-order chi connectivity index (χ0) is 25.9. The molecule has 1 aliphatic carbocycles. The predicted molar refractivity (Wildman–Crippen MR) is 131 cm³/mol. The summed E-state index contributed by atoms with van der Waals surface area (Å²) in [4.78, 5) is 13.3. The van der Waals surface area contributed by atoms with E-state index in [4.69, 9.17) is 0 Å². The van der Waals surface area contributed by atoms with Gasteiger partial charge in [-0.25, -0.2) is 0 Å². The first-order chi connectivity index (χ1) is 17.0. The van der Waals surface area contributed by atoms with Gasteiger partial charge in [0.25, 0.3) is 0 Å². The second-order valence-corrected chi connectivity index (χ2v) is 10.4. The molecule has 2 aromatic carbocycles. The van der Waals surface area contributed by atoms with Crippen LogP contribution in [0.2, 0.25) is 0 Å². The number of anilines is 1. The lowest BCUT2D eigenvalue weighted by Crippen LogP contribution is -2.28. The summed E-state index contributed by atoms with van der Waals surface area (Å²) in [5.41, 5.74) is 1.67. The highest BCUT2D eigenvalue weighted by atomic mass is 19.3. The quantitative estimate of drug-likeness (QED) is 0.418. The molecule has 2 heterocycles. The Hall–Kier alpha value is -3.17. The Kier molecular flexibility index (Phi) is 5.76. The van der Waals surface area contributed by atoms with Crippen molar-refractivity contribution in [1.29, 1.82) is 0 Å². The molecular weight excluding hydrogens is 470 g/mol. The van der Waals surface area contributed by atoms with Gasteiger partial charge in [-0.05, 0) is 61.2 Å². The highest BCUT2D eigenvalue weighted by molar-refractivity contribution is 6.02. The number of benzene rings is 2. The normalized spacial score (nSPS) is 18.3. The molecule has 0 unspecified atom stereocenters. The molecule has 192 valence electrons. The second kappa shape index (κ2) is 8.45. The minimum absolute atomic E-state index is 0.0512. The van der Waals surface area contributed by atoms with Crippen molar-refractivity contribution in [3.05, 3.63) is 53.7 Å². The fourth-order valence-electron chi connectivity index (χ4n) is 4.80. The Bertz CT molecular complexity index is 1330. The Balaban J connectivity index is 1.42. The van der Waals surface area contributed by atoms with Gasteiger partial charge in [-0.15, -0.1) is 8.78 Å². The number of aliphatic hydroxyl groups excluding tert-OH is 2. The monoisotopic (exact) mass is 500 g/mol. The lowest BCUT2D eigenvalue weighted by molar-refractivity contribution is -0.286. The maximum Gasteiger partial charge on any atom is 0.586 e. The first-order valence-electron chi connectivity index (χ1n) is 12.1. The van der Waals surface area contributed by atoms with Gasteiger partial charge in [-0.1, -0.05) is 26.8 Å². The minimum atomic E-state index is -3.71. The zero-order valence-corrected chi connectivity index (χ0v) is 20.5. The number of fused-ring (bicyclic) bond motifs is 2. The molecule has 7 nitrogen and oxygen atoms in total. The number of hydrogen-bond acceptors (Lipinski definition) is 5. The molecule has 1 aliphatic heterocycles. The number of alkyl halides is 2. The van der Waals surface area contributed by atoms with E-state index in [1.807, 2.05) is 43.5 Å². The molecular formula is C27H30F2N2O5. The number of nitrogens with one attached hydrogen (secondary N) is 1. The number of aromatic nitrogens is 1. The maximum absolute atomic E-state index is 13.4. The zero-order valence-electron chi connectivity index (χ0n) is 20.5. The van der Waals surface area contributed by atoms with Gasteiger partial charge in [0, 0.05) is 34.2 Å². The summed E-state index contributed by atoms with van der Waals surface area (Å²) in [7, 11) is 0. The molecule has 9 heteroatoms. The molecule has 1 atom stereocenters. The molecule has 2 aliphatic rings. The minimum Gasteiger partial charge on any atom is -0.395 e. The summed E-state index contributed by atoms with van der Waals surface area (Å²) >= 11 is 0. The average Bonchev–Trinajstić information content (AvgIpc) is 3.48. The molecule has 1 fully saturated rings. The predicted octanol–water partition coefficient (Wildman–Crippen LogP) is 4.67. The summed E-state index contributed by atoms with van der Waals surface area (Å²) < 4.78 is 37.9. The summed E-state index contributed by atoms with van der Waals surface area (Å²) in [6, 6.07) is 12.0. The standard InChI is InChI=1S/C27H30F2N2O5/c1-4-19(33)14-31-20-7-6-18(11-16(20)12-23(31)25(2,3)15-32)30-24(34)26(9-10-26)17-5-8-21-22(13-17)36-27(28,29)35-21/h5-8,11-13,19,32-33H,4,9-10,14-15H2,1-3H3,(H,30,34)/t19-/m0/s1. The van der Waals surface area contributed by atoms with Crippen molar-refractivity contribution < 1.29 is 33.3 Å². The number of ether oxygens (including phenoxy) is 2. The first kappa shape index (κ1) is 24.5.